The number of aromatic carboxylic acids is 1. The van der Waals surface area contributed by atoms with Gasteiger partial charge in [-0.25, -0.2) is 9.59 Å². The molecule has 26 heavy (non-hydrogen) atoms. The van der Waals surface area contributed by atoms with Gasteiger partial charge in [-0.1, -0.05) is 12.1 Å². The summed E-state index contributed by atoms with van der Waals surface area (Å²) >= 11 is 0. The highest BCUT2D eigenvalue weighted by molar-refractivity contribution is 7.86. The summed E-state index contributed by atoms with van der Waals surface area (Å²) in [6.45, 7) is 0.926. The zero-order valence-electron chi connectivity index (χ0n) is 14.8. The van der Waals surface area contributed by atoms with Crippen molar-refractivity contribution >= 4 is 22.2 Å². The van der Waals surface area contributed by atoms with Gasteiger partial charge in [0.1, 0.15) is 0 Å². The van der Waals surface area contributed by atoms with Crippen molar-refractivity contribution in [3.63, 3.8) is 0 Å². The van der Waals surface area contributed by atoms with Crippen molar-refractivity contribution in [2.45, 2.75) is 25.4 Å². The van der Waals surface area contributed by atoms with Crippen LogP contribution in [0.1, 0.15) is 28.8 Å². The molecule has 1 heterocycles. The molecule has 0 aromatic heterocycles. The largest absolute Gasteiger partial charge is 0.478 e. The quantitative estimate of drug-likeness (QED) is 0.658. The van der Waals surface area contributed by atoms with Crippen molar-refractivity contribution in [3.05, 3.63) is 35.4 Å². The van der Waals surface area contributed by atoms with Crippen LogP contribution in [0.25, 0.3) is 0 Å². The maximum Gasteiger partial charge on any atom is 0.335 e. The number of nitrogens with one attached hydrogen (secondary N) is 2. The summed E-state index contributed by atoms with van der Waals surface area (Å²) in [5.41, 5.74) is 0.952. The molecule has 1 fully saturated rings. The standard InChI is InChI=1S/C16H24N4O5S/c1-19(2)26(24,25)20-9-3-4-14(11-20)18-16(23)17-10-12-5-7-13(8-6-12)15(21)22/h5-8,14H,3-4,9-11H2,1-2H3,(H,21,22)(H2,17,18,23)/t14-/m1/s1. The van der Waals surface area contributed by atoms with Crippen LogP contribution in [-0.4, -0.2) is 67.4 Å². The van der Waals surface area contributed by atoms with E-state index in [-0.39, 0.29) is 30.7 Å². The predicted molar refractivity (Wildman–Crippen MR) is 96.0 cm³/mol. The summed E-state index contributed by atoms with van der Waals surface area (Å²) in [5.74, 6) is -1.00. The zero-order chi connectivity index (χ0) is 19.3. The maximum atomic E-state index is 12.2. The van der Waals surface area contributed by atoms with Crippen molar-refractivity contribution in [3.8, 4) is 0 Å². The van der Waals surface area contributed by atoms with Gasteiger partial charge in [0.2, 0.25) is 0 Å². The molecule has 144 valence electrons. The van der Waals surface area contributed by atoms with Gasteiger partial charge in [0.15, 0.2) is 0 Å². The zero-order valence-corrected chi connectivity index (χ0v) is 15.6. The third kappa shape index (κ3) is 5.16. The fourth-order valence-electron chi connectivity index (χ4n) is 2.68. The van der Waals surface area contributed by atoms with E-state index in [1.807, 2.05) is 0 Å². The molecule has 2 rings (SSSR count). The van der Waals surface area contributed by atoms with E-state index in [0.717, 1.165) is 9.87 Å². The molecule has 1 atom stereocenters. The van der Waals surface area contributed by atoms with Gasteiger partial charge in [0.25, 0.3) is 10.2 Å². The SMILES string of the molecule is CN(C)S(=O)(=O)N1CCC[C@@H](NC(=O)NCc2ccc(C(=O)O)cc2)C1. The Kier molecular flexibility index (Phi) is 6.57. The summed E-state index contributed by atoms with van der Waals surface area (Å²) in [6, 6.07) is 5.57. The average Bonchev–Trinajstić information content (AvgIpc) is 2.60. The van der Waals surface area contributed by atoms with Gasteiger partial charge in [0, 0.05) is 39.8 Å². The van der Waals surface area contributed by atoms with Crippen LogP contribution in [0.2, 0.25) is 0 Å². The lowest BCUT2D eigenvalue weighted by Gasteiger charge is -2.33. The minimum atomic E-state index is -3.49. The number of hydrogen-bond acceptors (Lipinski definition) is 4. The first kappa shape index (κ1) is 20.1. The second-order valence-corrected chi connectivity index (χ2v) is 8.46. The number of carbonyl (C=O) groups excluding carboxylic acids is 1. The second-order valence-electron chi connectivity index (χ2n) is 6.32. The van der Waals surface area contributed by atoms with Crippen molar-refractivity contribution < 1.29 is 23.1 Å². The Morgan fingerprint density at radius 3 is 2.50 bits per heavy atom. The molecule has 2 amide bonds. The second kappa shape index (κ2) is 8.47. The molecule has 1 aliphatic heterocycles. The molecule has 0 unspecified atom stereocenters. The van der Waals surface area contributed by atoms with Crippen LogP contribution in [0.4, 0.5) is 4.79 Å². The summed E-state index contributed by atoms with van der Waals surface area (Å²) in [7, 11) is -0.526. The van der Waals surface area contributed by atoms with Crippen LogP contribution in [-0.2, 0) is 16.8 Å². The Morgan fingerprint density at radius 1 is 1.27 bits per heavy atom. The average molecular weight is 384 g/mol. The molecule has 0 bridgehead atoms. The fraction of sp³-hybridized carbons (Fsp3) is 0.500. The number of benzene rings is 1. The highest BCUT2D eigenvalue weighted by Crippen LogP contribution is 2.15. The maximum absolute atomic E-state index is 12.2. The number of hydrogen-bond donors (Lipinski definition) is 3. The van der Waals surface area contributed by atoms with E-state index in [2.05, 4.69) is 10.6 Å². The lowest BCUT2D eigenvalue weighted by Crippen LogP contribution is -2.53. The normalized spacial score (nSPS) is 18.5. The summed E-state index contributed by atoms with van der Waals surface area (Å²) < 4.78 is 26.9. The van der Waals surface area contributed by atoms with Crippen LogP contribution >= 0.6 is 0 Å². The van der Waals surface area contributed by atoms with Crippen LogP contribution in [0.15, 0.2) is 24.3 Å². The number of carboxylic acid groups (broad SMARTS) is 1. The minimum absolute atomic E-state index is 0.183. The van der Waals surface area contributed by atoms with E-state index < -0.39 is 16.2 Å². The molecule has 0 saturated carbocycles. The lowest BCUT2D eigenvalue weighted by molar-refractivity contribution is 0.0697. The van der Waals surface area contributed by atoms with Crippen LogP contribution in [0.3, 0.4) is 0 Å². The minimum Gasteiger partial charge on any atom is -0.478 e. The molecule has 1 aromatic rings. The Bertz CT molecular complexity index is 748. The van der Waals surface area contributed by atoms with Crippen LogP contribution < -0.4 is 10.6 Å². The molecule has 3 N–H and O–H groups in total. The molecule has 1 saturated heterocycles. The van der Waals surface area contributed by atoms with Gasteiger partial charge in [0.05, 0.1) is 5.56 Å². The van der Waals surface area contributed by atoms with E-state index >= 15 is 0 Å². The monoisotopic (exact) mass is 384 g/mol. The predicted octanol–water partition coefficient (Wildman–Crippen LogP) is 0.455. The van der Waals surface area contributed by atoms with Gasteiger partial charge in [-0.2, -0.15) is 17.0 Å². The smallest absolute Gasteiger partial charge is 0.335 e. The van der Waals surface area contributed by atoms with Crippen molar-refractivity contribution in [1.29, 1.82) is 0 Å². The number of carboxylic acids is 1. The first-order valence-electron chi connectivity index (χ1n) is 8.24. The first-order chi connectivity index (χ1) is 12.2. The number of rotatable bonds is 6. The topological polar surface area (TPSA) is 119 Å². The number of urea groups is 1. The number of amides is 2. The molecule has 10 heteroatoms. The number of nitrogens with zero attached hydrogens (tertiary/aromatic N) is 2. The van der Waals surface area contributed by atoms with Gasteiger partial charge >= 0.3 is 12.0 Å². The van der Waals surface area contributed by atoms with E-state index in [0.29, 0.717) is 19.4 Å². The van der Waals surface area contributed by atoms with E-state index in [1.165, 1.54) is 30.5 Å². The molecule has 0 radical (unpaired) electrons. The Balaban J connectivity index is 1.84. The molecule has 0 spiro atoms. The third-order valence-corrected chi connectivity index (χ3v) is 6.07. The lowest BCUT2D eigenvalue weighted by atomic mass is 10.1. The molecule has 9 nitrogen and oxygen atoms in total. The molecular weight excluding hydrogens is 360 g/mol. The van der Waals surface area contributed by atoms with Gasteiger partial charge in [-0.15, -0.1) is 0 Å². The van der Waals surface area contributed by atoms with E-state index in [9.17, 15) is 18.0 Å². The van der Waals surface area contributed by atoms with E-state index in [4.69, 9.17) is 5.11 Å². The van der Waals surface area contributed by atoms with Crippen molar-refractivity contribution in [2.75, 3.05) is 27.2 Å². The highest BCUT2D eigenvalue weighted by atomic mass is 32.2. The molecular formula is C16H24N4O5S. The van der Waals surface area contributed by atoms with Crippen molar-refractivity contribution in [1.82, 2.24) is 19.2 Å². The number of carbonyl (C=O) groups is 2. The Labute approximate surface area is 153 Å². The van der Waals surface area contributed by atoms with Gasteiger partial charge in [-0.3, -0.25) is 0 Å². The molecule has 0 aliphatic carbocycles. The van der Waals surface area contributed by atoms with Crippen LogP contribution in [0, 0.1) is 0 Å². The van der Waals surface area contributed by atoms with E-state index in [1.54, 1.807) is 12.1 Å². The van der Waals surface area contributed by atoms with Crippen LogP contribution in [0.5, 0.6) is 0 Å². The Hall–Kier alpha value is -2.17. The van der Waals surface area contributed by atoms with Gasteiger partial charge in [-0.05, 0) is 30.5 Å². The third-order valence-electron chi connectivity index (χ3n) is 4.16. The summed E-state index contributed by atoms with van der Waals surface area (Å²) in [6.07, 6.45) is 1.38. The number of piperidine rings is 1. The first-order valence-corrected chi connectivity index (χ1v) is 9.64. The van der Waals surface area contributed by atoms with Gasteiger partial charge < -0.3 is 15.7 Å². The fourth-order valence-corrected chi connectivity index (χ4v) is 3.87. The summed E-state index contributed by atoms with van der Waals surface area (Å²) in [5, 5.41) is 14.3. The molecule has 1 aromatic carbocycles. The van der Waals surface area contributed by atoms with Crippen molar-refractivity contribution in [2.24, 2.45) is 0 Å². The molecule has 1 aliphatic rings. The Morgan fingerprint density at radius 2 is 1.92 bits per heavy atom. The highest BCUT2D eigenvalue weighted by Gasteiger charge is 2.30. The summed E-state index contributed by atoms with van der Waals surface area (Å²) in [4.78, 5) is 22.9.